The Bertz CT molecular complexity index is 314. The van der Waals surface area contributed by atoms with Gasteiger partial charge in [0.05, 0.1) is 5.69 Å². The monoisotopic (exact) mass is 293 g/mol. The van der Waals surface area contributed by atoms with E-state index in [9.17, 15) is 4.79 Å². The Morgan fingerprint density at radius 2 is 2.25 bits per heavy atom. The first kappa shape index (κ1) is 9.67. The number of hydrogen-bond donors (Lipinski definition) is 1. The molecule has 1 aromatic heterocycles. The van der Waals surface area contributed by atoms with Crippen LogP contribution in [0.25, 0.3) is 0 Å². The molecule has 0 spiro atoms. The van der Waals surface area contributed by atoms with E-state index in [1.54, 1.807) is 6.07 Å². The molecule has 0 radical (unpaired) electrons. The molecule has 1 aromatic rings. The number of carboxylic acids is 1. The zero-order chi connectivity index (χ0) is 9.14. The Kier molecular flexibility index (Phi) is 3.22. The lowest BCUT2D eigenvalue weighted by atomic mass is 10.3. The highest BCUT2D eigenvalue weighted by Gasteiger charge is 2.06. The summed E-state index contributed by atoms with van der Waals surface area (Å²) in [7, 11) is 0. The number of halogens is 2. The van der Waals surface area contributed by atoms with Crippen molar-refractivity contribution in [1.82, 2.24) is 4.98 Å². The summed E-state index contributed by atoms with van der Waals surface area (Å²) in [5.41, 5.74) is 0.751. The molecular formula is C7H5Br2NO2. The van der Waals surface area contributed by atoms with E-state index in [0.29, 0.717) is 11.0 Å². The molecule has 12 heavy (non-hydrogen) atoms. The minimum absolute atomic E-state index is 0.0545. The Hall–Kier alpha value is -0.420. The van der Waals surface area contributed by atoms with Crippen LogP contribution < -0.4 is 0 Å². The molecule has 3 nitrogen and oxygen atoms in total. The van der Waals surface area contributed by atoms with Crippen molar-refractivity contribution in [2.75, 3.05) is 0 Å². The SMILES string of the molecule is O=C(O)c1cc(Br)cc(CBr)n1. The van der Waals surface area contributed by atoms with Crippen molar-refractivity contribution in [3.05, 3.63) is 28.0 Å². The highest BCUT2D eigenvalue weighted by atomic mass is 79.9. The van der Waals surface area contributed by atoms with E-state index < -0.39 is 5.97 Å². The fourth-order valence-electron chi connectivity index (χ4n) is 0.729. The van der Waals surface area contributed by atoms with Crippen molar-refractivity contribution in [3.63, 3.8) is 0 Å². The second-order valence-corrected chi connectivity index (χ2v) is 3.58. The minimum Gasteiger partial charge on any atom is -0.477 e. The van der Waals surface area contributed by atoms with Crippen LogP contribution in [0.2, 0.25) is 0 Å². The molecule has 0 aliphatic carbocycles. The average molecular weight is 295 g/mol. The van der Waals surface area contributed by atoms with Gasteiger partial charge in [0.2, 0.25) is 0 Å². The first-order valence-corrected chi connectivity index (χ1v) is 5.00. The molecule has 0 bridgehead atoms. The Morgan fingerprint density at radius 1 is 1.58 bits per heavy atom. The molecule has 0 fully saturated rings. The molecule has 0 saturated heterocycles. The fourth-order valence-corrected chi connectivity index (χ4v) is 1.50. The van der Waals surface area contributed by atoms with Crippen molar-refractivity contribution in [1.29, 1.82) is 0 Å². The van der Waals surface area contributed by atoms with E-state index in [4.69, 9.17) is 5.11 Å². The summed E-state index contributed by atoms with van der Waals surface area (Å²) < 4.78 is 0.726. The topological polar surface area (TPSA) is 50.2 Å². The fraction of sp³-hybridized carbons (Fsp3) is 0.143. The molecule has 0 unspecified atom stereocenters. The van der Waals surface area contributed by atoms with Gasteiger partial charge in [0.15, 0.2) is 0 Å². The maximum atomic E-state index is 10.5. The first-order chi connectivity index (χ1) is 5.63. The van der Waals surface area contributed by atoms with Gasteiger partial charge in [-0.2, -0.15) is 0 Å². The van der Waals surface area contributed by atoms with Gasteiger partial charge in [-0.1, -0.05) is 31.9 Å². The third kappa shape index (κ3) is 2.28. The number of alkyl halides is 1. The van der Waals surface area contributed by atoms with Crippen LogP contribution in [0.5, 0.6) is 0 Å². The van der Waals surface area contributed by atoms with Gasteiger partial charge in [0.25, 0.3) is 0 Å². The molecule has 0 aliphatic rings. The molecule has 1 N–H and O–H groups in total. The second-order valence-electron chi connectivity index (χ2n) is 2.10. The highest BCUT2D eigenvalue weighted by molar-refractivity contribution is 9.10. The third-order valence-corrected chi connectivity index (χ3v) is 2.23. The zero-order valence-electron chi connectivity index (χ0n) is 5.92. The Morgan fingerprint density at radius 3 is 2.75 bits per heavy atom. The van der Waals surface area contributed by atoms with Crippen LogP contribution in [0.15, 0.2) is 16.6 Å². The third-order valence-electron chi connectivity index (χ3n) is 1.20. The number of carbonyl (C=O) groups is 1. The molecule has 64 valence electrons. The number of rotatable bonds is 2. The molecule has 1 rings (SSSR count). The van der Waals surface area contributed by atoms with E-state index in [1.165, 1.54) is 6.07 Å². The van der Waals surface area contributed by atoms with E-state index in [-0.39, 0.29) is 5.69 Å². The number of aromatic carboxylic acids is 1. The zero-order valence-corrected chi connectivity index (χ0v) is 9.09. The molecule has 0 aromatic carbocycles. The van der Waals surface area contributed by atoms with Gasteiger partial charge in [-0.05, 0) is 12.1 Å². The number of pyridine rings is 1. The summed E-state index contributed by atoms with van der Waals surface area (Å²) in [5, 5.41) is 9.18. The van der Waals surface area contributed by atoms with E-state index in [1.807, 2.05) is 0 Å². The molecule has 1 heterocycles. The molecule has 0 atom stereocenters. The van der Waals surface area contributed by atoms with Crippen LogP contribution in [0.4, 0.5) is 0 Å². The van der Waals surface area contributed by atoms with Gasteiger partial charge in [0, 0.05) is 9.80 Å². The van der Waals surface area contributed by atoms with Gasteiger partial charge >= 0.3 is 5.97 Å². The lowest BCUT2D eigenvalue weighted by Crippen LogP contribution is -2.01. The van der Waals surface area contributed by atoms with Crippen LogP contribution in [0.1, 0.15) is 16.2 Å². The molecule has 0 saturated carbocycles. The minimum atomic E-state index is -1.02. The predicted molar refractivity (Wildman–Crippen MR) is 51.5 cm³/mol. The molecule has 0 aliphatic heterocycles. The van der Waals surface area contributed by atoms with Gasteiger partial charge in [0.1, 0.15) is 5.69 Å². The summed E-state index contributed by atoms with van der Waals surface area (Å²) in [6, 6.07) is 3.23. The maximum absolute atomic E-state index is 10.5. The van der Waals surface area contributed by atoms with E-state index >= 15 is 0 Å². The maximum Gasteiger partial charge on any atom is 0.354 e. The van der Waals surface area contributed by atoms with Crippen LogP contribution in [0, 0.1) is 0 Å². The summed E-state index contributed by atoms with van der Waals surface area (Å²) >= 11 is 6.40. The summed E-state index contributed by atoms with van der Waals surface area (Å²) in [6.07, 6.45) is 0. The largest absolute Gasteiger partial charge is 0.477 e. The van der Waals surface area contributed by atoms with Gasteiger partial charge in [-0.25, -0.2) is 9.78 Å². The van der Waals surface area contributed by atoms with E-state index in [0.717, 1.165) is 4.47 Å². The van der Waals surface area contributed by atoms with Crippen molar-refractivity contribution in [3.8, 4) is 0 Å². The lowest BCUT2D eigenvalue weighted by molar-refractivity contribution is 0.0690. The van der Waals surface area contributed by atoms with Gasteiger partial charge in [-0.15, -0.1) is 0 Å². The second kappa shape index (κ2) is 4.00. The number of carboxylic acid groups (broad SMARTS) is 1. The highest BCUT2D eigenvalue weighted by Crippen LogP contribution is 2.14. The Labute approximate surface area is 86.1 Å². The quantitative estimate of drug-likeness (QED) is 0.853. The van der Waals surface area contributed by atoms with Crippen molar-refractivity contribution >= 4 is 37.8 Å². The van der Waals surface area contributed by atoms with Crippen LogP contribution in [0.3, 0.4) is 0 Å². The normalized spacial score (nSPS) is 9.83. The van der Waals surface area contributed by atoms with Crippen LogP contribution >= 0.6 is 31.9 Å². The molecule has 5 heteroatoms. The number of nitrogens with zero attached hydrogens (tertiary/aromatic N) is 1. The average Bonchev–Trinajstić information content (AvgIpc) is 2.03. The van der Waals surface area contributed by atoms with Gasteiger partial charge in [-0.3, -0.25) is 0 Å². The van der Waals surface area contributed by atoms with Crippen molar-refractivity contribution < 1.29 is 9.90 Å². The number of hydrogen-bond acceptors (Lipinski definition) is 2. The summed E-state index contributed by atoms with van der Waals surface area (Å²) in [4.78, 5) is 14.4. The molecule has 0 amide bonds. The van der Waals surface area contributed by atoms with E-state index in [2.05, 4.69) is 36.8 Å². The standard InChI is InChI=1S/C7H5Br2NO2/c8-3-5-1-4(9)2-6(10-5)7(11)12/h1-2H,3H2,(H,11,12). The smallest absolute Gasteiger partial charge is 0.354 e. The first-order valence-electron chi connectivity index (χ1n) is 3.09. The summed E-state index contributed by atoms with van der Waals surface area (Å²) in [5.74, 6) is -1.02. The Balaban J connectivity index is 3.15. The van der Waals surface area contributed by atoms with Crippen molar-refractivity contribution in [2.24, 2.45) is 0 Å². The summed E-state index contributed by atoms with van der Waals surface area (Å²) in [6.45, 7) is 0. The van der Waals surface area contributed by atoms with Crippen LogP contribution in [-0.2, 0) is 5.33 Å². The van der Waals surface area contributed by atoms with Crippen molar-refractivity contribution in [2.45, 2.75) is 5.33 Å². The lowest BCUT2D eigenvalue weighted by Gasteiger charge is -1.98. The van der Waals surface area contributed by atoms with Gasteiger partial charge < -0.3 is 5.11 Å². The van der Waals surface area contributed by atoms with Crippen LogP contribution in [-0.4, -0.2) is 16.1 Å². The predicted octanol–water partition coefficient (Wildman–Crippen LogP) is 2.44. The molecular weight excluding hydrogens is 290 g/mol. The number of aromatic nitrogens is 1.